The van der Waals surface area contributed by atoms with E-state index < -0.39 is 0 Å². The number of methoxy groups -OCH3 is 1. The summed E-state index contributed by atoms with van der Waals surface area (Å²) in [5, 5.41) is 2.89. The molecule has 1 rings (SSSR count). The molecule has 0 saturated carbocycles. The van der Waals surface area contributed by atoms with Crippen LogP contribution in [0.2, 0.25) is 0 Å². The van der Waals surface area contributed by atoms with E-state index in [0.717, 1.165) is 27.3 Å². The van der Waals surface area contributed by atoms with Gasteiger partial charge in [0.25, 0.3) is 5.91 Å². The minimum Gasteiger partial charge on any atom is -0.469 e. The number of carbonyl (C=O) groups is 2. The molecule has 0 unspecified atom stereocenters. The van der Waals surface area contributed by atoms with Crippen LogP contribution in [0.25, 0.3) is 0 Å². The van der Waals surface area contributed by atoms with Gasteiger partial charge in [0.15, 0.2) is 0 Å². The van der Waals surface area contributed by atoms with Gasteiger partial charge in [-0.1, -0.05) is 22.4 Å². The second-order valence-electron chi connectivity index (χ2n) is 4.27. The molecule has 0 atom stereocenters. The number of hydrogen-bond acceptors (Lipinski definition) is 3. The molecule has 1 N–H and O–H groups in total. The molecule has 0 aliphatic heterocycles. The van der Waals surface area contributed by atoms with Crippen LogP contribution in [-0.4, -0.2) is 25.5 Å². The average Bonchev–Trinajstić information content (AvgIpc) is 2.44. The Hall–Kier alpha value is -0.630. The summed E-state index contributed by atoms with van der Waals surface area (Å²) in [6, 6.07) is 5.62. The van der Waals surface area contributed by atoms with Crippen molar-refractivity contribution < 1.29 is 14.3 Å². The number of amides is 1. The highest BCUT2D eigenvalue weighted by atomic mass is 127. The zero-order chi connectivity index (χ0) is 15.0. The number of carbonyl (C=O) groups excluding carboxylic acids is 2. The predicted molar refractivity (Wildman–Crippen MR) is 89.7 cm³/mol. The summed E-state index contributed by atoms with van der Waals surface area (Å²) in [6.07, 6.45) is 2.98. The summed E-state index contributed by atoms with van der Waals surface area (Å²) in [5.41, 5.74) is 0.675. The number of esters is 1. The number of rotatable bonds is 7. The van der Waals surface area contributed by atoms with E-state index in [-0.39, 0.29) is 11.9 Å². The van der Waals surface area contributed by atoms with Crippen molar-refractivity contribution in [1.29, 1.82) is 0 Å². The maximum atomic E-state index is 12.0. The Morgan fingerprint density at radius 1 is 1.30 bits per heavy atom. The van der Waals surface area contributed by atoms with E-state index in [9.17, 15) is 9.59 Å². The van der Waals surface area contributed by atoms with Gasteiger partial charge in [-0.25, -0.2) is 0 Å². The first-order valence-electron chi connectivity index (χ1n) is 6.34. The third-order valence-electron chi connectivity index (χ3n) is 2.74. The van der Waals surface area contributed by atoms with Crippen molar-refractivity contribution in [3.05, 3.63) is 31.8 Å². The van der Waals surface area contributed by atoms with Crippen molar-refractivity contribution in [3.63, 3.8) is 0 Å². The van der Waals surface area contributed by atoms with E-state index in [1.807, 2.05) is 18.2 Å². The molecule has 0 heterocycles. The molecule has 4 nitrogen and oxygen atoms in total. The first kappa shape index (κ1) is 17.4. The van der Waals surface area contributed by atoms with Gasteiger partial charge >= 0.3 is 5.97 Å². The number of ether oxygens (including phenoxy) is 1. The van der Waals surface area contributed by atoms with Crippen LogP contribution >= 0.6 is 38.5 Å². The maximum Gasteiger partial charge on any atom is 0.305 e. The van der Waals surface area contributed by atoms with Gasteiger partial charge in [-0.2, -0.15) is 0 Å². The Balaban J connectivity index is 2.27. The van der Waals surface area contributed by atoms with Crippen LogP contribution in [0.1, 0.15) is 36.0 Å². The molecular formula is C14H17BrINO3. The standard InChI is InChI=1S/C14H17BrINO3/c1-20-13(18)5-3-2-4-8-17-14(19)11-9-10(15)6-7-12(11)16/h6-7,9H,2-5,8H2,1H3,(H,17,19). The van der Waals surface area contributed by atoms with E-state index in [2.05, 4.69) is 48.6 Å². The summed E-state index contributed by atoms with van der Waals surface area (Å²) in [6.45, 7) is 0.614. The number of unbranched alkanes of at least 4 members (excludes halogenated alkanes) is 2. The summed E-state index contributed by atoms with van der Waals surface area (Å²) in [5.74, 6) is -0.249. The summed E-state index contributed by atoms with van der Waals surface area (Å²) in [7, 11) is 1.39. The lowest BCUT2D eigenvalue weighted by atomic mass is 10.2. The Morgan fingerprint density at radius 2 is 2.05 bits per heavy atom. The van der Waals surface area contributed by atoms with E-state index in [1.54, 1.807) is 0 Å². The van der Waals surface area contributed by atoms with E-state index in [4.69, 9.17) is 0 Å². The van der Waals surface area contributed by atoms with E-state index >= 15 is 0 Å². The Labute approximate surface area is 140 Å². The largest absolute Gasteiger partial charge is 0.469 e. The molecule has 1 amide bonds. The highest BCUT2D eigenvalue weighted by Crippen LogP contribution is 2.18. The van der Waals surface area contributed by atoms with Crippen LogP contribution < -0.4 is 5.32 Å². The van der Waals surface area contributed by atoms with Gasteiger partial charge in [-0.3, -0.25) is 9.59 Å². The van der Waals surface area contributed by atoms with Gasteiger partial charge in [-0.05, 0) is 53.6 Å². The lowest BCUT2D eigenvalue weighted by Crippen LogP contribution is -2.25. The highest BCUT2D eigenvalue weighted by Gasteiger charge is 2.09. The van der Waals surface area contributed by atoms with Gasteiger partial charge in [0.2, 0.25) is 0 Å². The molecule has 0 bridgehead atoms. The molecular weight excluding hydrogens is 437 g/mol. The zero-order valence-corrected chi connectivity index (χ0v) is 15.0. The minimum atomic E-state index is -0.183. The van der Waals surface area contributed by atoms with Crippen LogP contribution in [-0.2, 0) is 9.53 Å². The second-order valence-corrected chi connectivity index (χ2v) is 6.34. The lowest BCUT2D eigenvalue weighted by molar-refractivity contribution is -0.140. The van der Waals surface area contributed by atoms with Gasteiger partial charge in [-0.15, -0.1) is 0 Å². The first-order chi connectivity index (χ1) is 9.54. The normalized spacial score (nSPS) is 10.2. The number of hydrogen-bond donors (Lipinski definition) is 1. The quantitative estimate of drug-likeness (QED) is 0.390. The molecule has 20 heavy (non-hydrogen) atoms. The van der Waals surface area contributed by atoms with E-state index in [0.29, 0.717) is 18.5 Å². The Morgan fingerprint density at radius 3 is 2.75 bits per heavy atom. The van der Waals surface area contributed by atoms with Gasteiger partial charge in [0.1, 0.15) is 0 Å². The van der Waals surface area contributed by atoms with Crippen molar-refractivity contribution in [1.82, 2.24) is 5.32 Å². The van der Waals surface area contributed by atoms with Crippen LogP contribution in [0, 0.1) is 3.57 Å². The summed E-state index contributed by atoms with van der Waals surface area (Å²) >= 11 is 5.51. The van der Waals surface area contributed by atoms with Crippen molar-refractivity contribution in [2.45, 2.75) is 25.7 Å². The molecule has 0 aliphatic carbocycles. The molecule has 0 aliphatic rings. The molecule has 1 aromatic carbocycles. The summed E-state index contributed by atoms with van der Waals surface area (Å²) < 4.78 is 6.38. The van der Waals surface area contributed by atoms with Crippen LogP contribution in [0.4, 0.5) is 0 Å². The molecule has 0 radical (unpaired) electrons. The van der Waals surface area contributed by atoms with Crippen LogP contribution in [0.5, 0.6) is 0 Å². The zero-order valence-electron chi connectivity index (χ0n) is 11.2. The van der Waals surface area contributed by atoms with E-state index in [1.165, 1.54) is 7.11 Å². The number of benzene rings is 1. The Kier molecular flexibility index (Phi) is 8.13. The lowest BCUT2D eigenvalue weighted by Gasteiger charge is -2.07. The maximum absolute atomic E-state index is 12.0. The fraction of sp³-hybridized carbons (Fsp3) is 0.429. The SMILES string of the molecule is COC(=O)CCCCCNC(=O)c1cc(Br)ccc1I. The molecule has 0 saturated heterocycles. The number of halogens is 2. The Bertz CT molecular complexity index is 479. The van der Waals surface area contributed by atoms with Crippen molar-refractivity contribution in [3.8, 4) is 0 Å². The fourth-order valence-corrected chi connectivity index (χ4v) is 2.58. The van der Waals surface area contributed by atoms with Crippen LogP contribution in [0.3, 0.4) is 0 Å². The molecule has 0 fully saturated rings. The average molecular weight is 454 g/mol. The third-order valence-corrected chi connectivity index (χ3v) is 4.18. The van der Waals surface area contributed by atoms with Gasteiger partial charge < -0.3 is 10.1 Å². The molecule has 0 aromatic heterocycles. The minimum absolute atomic E-state index is 0.0660. The third kappa shape index (κ3) is 6.21. The van der Waals surface area contributed by atoms with Gasteiger partial charge in [0.05, 0.1) is 12.7 Å². The topological polar surface area (TPSA) is 55.4 Å². The second kappa shape index (κ2) is 9.33. The van der Waals surface area contributed by atoms with Gasteiger partial charge in [0, 0.05) is 21.0 Å². The van der Waals surface area contributed by atoms with Crippen LogP contribution in [0.15, 0.2) is 22.7 Å². The van der Waals surface area contributed by atoms with Crippen molar-refractivity contribution in [2.75, 3.05) is 13.7 Å². The molecule has 0 spiro atoms. The summed E-state index contributed by atoms with van der Waals surface area (Å²) in [4.78, 5) is 22.9. The van der Waals surface area contributed by atoms with Crippen molar-refractivity contribution >= 4 is 50.4 Å². The fourth-order valence-electron chi connectivity index (χ4n) is 1.64. The smallest absolute Gasteiger partial charge is 0.305 e. The number of nitrogens with one attached hydrogen (secondary N) is 1. The molecule has 110 valence electrons. The predicted octanol–water partition coefficient (Wildman–Crippen LogP) is 3.52. The first-order valence-corrected chi connectivity index (χ1v) is 8.22. The molecule has 1 aromatic rings. The molecule has 6 heteroatoms. The van der Waals surface area contributed by atoms with Crippen molar-refractivity contribution in [2.24, 2.45) is 0 Å². The monoisotopic (exact) mass is 453 g/mol. The highest BCUT2D eigenvalue weighted by molar-refractivity contribution is 14.1.